The number of para-hydroxylation sites is 1. The SMILES string of the molecule is CCC(C)[C@@H](N)c1cccc(OC)c1OC.Cl. The van der Waals surface area contributed by atoms with E-state index in [9.17, 15) is 0 Å². The largest absolute Gasteiger partial charge is 0.493 e. The van der Waals surface area contributed by atoms with Gasteiger partial charge in [-0.05, 0) is 12.0 Å². The first-order chi connectivity index (χ1) is 7.65. The monoisotopic (exact) mass is 259 g/mol. The summed E-state index contributed by atoms with van der Waals surface area (Å²) in [5.74, 6) is 1.90. The summed E-state index contributed by atoms with van der Waals surface area (Å²) in [6.45, 7) is 4.28. The van der Waals surface area contributed by atoms with Crippen LogP contribution in [0.3, 0.4) is 0 Å². The van der Waals surface area contributed by atoms with E-state index in [-0.39, 0.29) is 18.4 Å². The summed E-state index contributed by atoms with van der Waals surface area (Å²) in [6.07, 6.45) is 1.04. The molecule has 0 aromatic heterocycles. The van der Waals surface area contributed by atoms with Gasteiger partial charge in [0.05, 0.1) is 14.2 Å². The quantitative estimate of drug-likeness (QED) is 0.883. The second kappa shape index (κ2) is 7.41. The van der Waals surface area contributed by atoms with Crippen LogP contribution in [0.15, 0.2) is 18.2 Å². The highest BCUT2D eigenvalue weighted by molar-refractivity contribution is 5.85. The Morgan fingerprint density at radius 1 is 1.24 bits per heavy atom. The predicted octanol–water partition coefficient (Wildman–Crippen LogP) is 3.17. The van der Waals surface area contributed by atoms with E-state index in [1.54, 1.807) is 14.2 Å². The van der Waals surface area contributed by atoms with Crippen molar-refractivity contribution < 1.29 is 9.47 Å². The molecule has 0 saturated heterocycles. The van der Waals surface area contributed by atoms with Crippen molar-refractivity contribution in [2.45, 2.75) is 26.3 Å². The number of hydrogen-bond acceptors (Lipinski definition) is 3. The maximum atomic E-state index is 6.21. The Morgan fingerprint density at radius 2 is 1.88 bits per heavy atom. The van der Waals surface area contributed by atoms with Crippen LogP contribution < -0.4 is 15.2 Å². The van der Waals surface area contributed by atoms with Gasteiger partial charge in [0, 0.05) is 11.6 Å². The highest BCUT2D eigenvalue weighted by atomic mass is 35.5. The molecule has 0 saturated carbocycles. The third kappa shape index (κ3) is 3.51. The maximum absolute atomic E-state index is 6.21. The van der Waals surface area contributed by atoms with Gasteiger partial charge in [0.15, 0.2) is 11.5 Å². The van der Waals surface area contributed by atoms with Gasteiger partial charge in [0.2, 0.25) is 0 Å². The van der Waals surface area contributed by atoms with Crippen molar-refractivity contribution in [2.24, 2.45) is 11.7 Å². The summed E-state index contributed by atoms with van der Waals surface area (Å²) >= 11 is 0. The first-order valence-electron chi connectivity index (χ1n) is 5.62. The maximum Gasteiger partial charge on any atom is 0.165 e. The van der Waals surface area contributed by atoms with Crippen molar-refractivity contribution in [2.75, 3.05) is 14.2 Å². The number of halogens is 1. The molecular weight excluding hydrogens is 238 g/mol. The Hall–Kier alpha value is -0.930. The third-order valence-electron chi connectivity index (χ3n) is 3.05. The molecule has 0 spiro atoms. The molecule has 0 fully saturated rings. The lowest BCUT2D eigenvalue weighted by Gasteiger charge is -2.22. The number of ether oxygens (including phenoxy) is 2. The van der Waals surface area contributed by atoms with Crippen LogP contribution in [0.1, 0.15) is 31.9 Å². The van der Waals surface area contributed by atoms with Crippen LogP contribution in [-0.2, 0) is 0 Å². The zero-order chi connectivity index (χ0) is 12.1. The Balaban J connectivity index is 0.00000256. The van der Waals surface area contributed by atoms with E-state index in [0.717, 1.165) is 23.5 Å². The summed E-state index contributed by atoms with van der Waals surface area (Å²) in [4.78, 5) is 0. The van der Waals surface area contributed by atoms with Crippen molar-refractivity contribution in [3.05, 3.63) is 23.8 Å². The zero-order valence-electron chi connectivity index (χ0n) is 10.9. The fourth-order valence-electron chi connectivity index (χ4n) is 1.73. The van der Waals surface area contributed by atoms with Gasteiger partial charge < -0.3 is 15.2 Å². The third-order valence-corrected chi connectivity index (χ3v) is 3.05. The molecule has 3 nitrogen and oxygen atoms in total. The molecule has 2 N–H and O–H groups in total. The molecule has 0 radical (unpaired) electrons. The number of nitrogens with two attached hydrogens (primary N) is 1. The van der Waals surface area contributed by atoms with Crippen molar-refractivity contribution >= 4 is 12.4 Å². The molecule has 1 unspecified atom stereocenters. The molecule has 4 heteroatoms. The smallest absolute Gasteiger partial charge is 0.165 e. The van der Waals surface area contributed by atoms with Crippen molar-refractivity contribution in [3.63, 3.8) is 0 Å². The fraction of sp³-hybridized carbons (Fsp3) is 0.538. The number of hydrogen-bond donors (Lipinski definition) is 1. The Bertz CT molecular complexity index is 344. The second-order valence-corrected chi connectivity index (χ2v) is 3.99. The normalized spacial score (nSPS) is 13.5. The summed E-state index contributed by atoms with van der Waals surface area (Å²) in [5, 5.41) is 0. The Morgan fingerprint density at radius 3 is 2.35 bits per heavy atom. The number of benzene rings is 1. The van der Waals surface area contributed by atoms with Crippen LogP contribution in [0.25, 0.3) is 0 Å². The van der Waals surface area contributed by atoms with E-state index in [2.05, 4.69) is 13.8 Å². The van der Waals surface area contributed by atoms with E-state index in [1.807, 2.05) is 18.2 Å². The highest BCUT2D eigenvalue weighted by Gasteiger charge is 2.19. The molecule has 0 bridgehead atoms. The molecule has 0 amide bonds. The number of methoxy groups -OCH3 is 2. The lowest BCUT2D eigenvalue weighted by Crippen LogP contribution is -2.19. The first-order valence-corrected chi connectivity index (χ1v) is 5.62. The van der Waals surface area contributed by atoms with Gasteiger partial charge in [-0.2, -0.15) is 0 Å². The lowest BCUT2D eigenvalue weighted by atomic mass is 9.92. The van der Waals surface area contributed by atoms with E-state index in [0.29, 0.717) is 5.92 Å². The van der Waals surface area contributed by atoms with Gasteiger partial charge in [-0.25, -0.2) is 0 Å². The first kappa shape index (κ1) is 16.1. The summed E-state index contributed by atoms with van der Waals surface area (Å²) in [6, 6.07) is 5.80. The molecule has 2 atom stereocenters. The number of rotatable bonds is 5. The van der Waals surface area contributed by atoms with E-state index in [1.165, 1.54) is 0 Å². The van der Waals surface area contributed by atoms with E-state index >= 15 is 0 Å². The molecular formula is C13H22ClNO2. The molecule has 0 heterocycles. The average Bonchev–Trinajstić information content (AvgIpc) is 2.35. The van der Waals surface area contributed by atoms with Crippen molar-refractivity contribution in [1.82, 2.24) is 0 Å². The Labute approximate surface area is 110 Å². The Kier molecular flexibility index (Phi) is 7.00. The fourth-order valence-corrected chi connectivity index (χ4v) is 1.73. The van der Waals surface area contributed by atoms with Gasteiger partial charge in [-0.15, -0.1) is 12.4 Å². The minimum absolute atomic E-state index is 0. The molecule has 1 aromatic carbocycles. The van der Waals surface area contributed by atoms with Crippen LogP contribution in [0.4, 0.5) is 0 Å². The van der Waals surface area contributed by atoms with Crippen LogP contribution in [-0.4, -0.2) is 14.2 Å². The van der Waals surface area contributed by atoms with Crippen LogP contribution in [0.2, 0.25) is 0 Å². The van der Waals surface area contributed by atoms with Gasteiger partial charge in [-0.3, -0.25) is 0 Å². The molecule has 0 aliphatic carbocycles. The molecule has 98 valence electrons. The second-order valence-electron chi connectivity index (χ2n) is 3.99. The molecule has 0 aliphatic heterocycles. The minimum Gasteiger partial charge on any atom is -0.493 e. The minimum atomic E-state index is -0.0185. The van der Waals surface area contributed by atoms with Gasteiger partial charge in [-0.1, -0.05) is 32.4 Å². The lowest BCUT2D eigenvalue weighted by molar-refractivity contribution is 0.343. The predicted molar refractivity (Wildman–Crippen MR) is 73.2 cm³/mol. The summed E-state index contributed by atoms with van der Waals surface area (Å²) in [5.41, 5.74) is 7.22. The van der Waals surface area contributed by atoms with Gasteiger partial charge in [0.1, 0.15) is 0 Å². The van der Waals surface area contributed by atoms with Crippen LogP contribution >= 0.6 is 12.4 Å². The van der Waals surface area contributed by atoms with Crippen LogP contribution in [0, 0.1) is 5.92 Å². The molecule has 0 aliphatic rings. The summed E-state index contributed by atoms with van der Waals surface area (Å²) in [7, 11) is 3.28. The highest BCUT2D eigenvalue weighted by Crippen LogP contribution is 2.36. The van der Waals surface area contributed by atoms with Crippen molar-refractivity contribution in [1.29, 1.82) is 0 Å². The van der Waals surface area contributed by atoms with Gasteiger partial charge >= 0.3 is 0 Å². The summed E-state index contributed by atoms with van der Waals surface area (Å²) < 4.78 is 10.6. The molecule has 17 heavy (non-hydrogen) atoms. The van der Waals surface area contributed by atoms with Gasteiger partial charge in [0.25, 0.3) is 0 Å². The van der Waals surface area contributed by atoms with E-state index < -0.39 is 0 Å². The molecule has 1 rings (SSSR count). The van der Waals surface area contributed by atoms with Crippen molar-refractivity contribution in [3.8, 4) is 11.5 Å². The zero-order valence-corrected chi connectivity index (χ0v) is 11.7. The molecule has 1 aromatic rings. The van der Waals surface area contributed by atoms with Crippen LogP contribution in [0.5, 0.6) is 11.5 Å². The average molecular weight is 260 g/mol. The standard InChI is InChI=1S/C13H21NO2.ClH/c1-5-9(2)12(14)10-7-6-8-11(15-3)13(10)16-4;/h6-9,12H,5,14H2,1-4H3;1H/t9?,12-;/m1./s1. The van der Waals surface area contributed by atoms with E-state index in [4.69, 9.17) is 15.2 Å². The topological polar surface area (TPSA) is 44.5 Å².